The van der Waals surface area contributed by atoms with Gasteiger partial charge in [0.25, 0.3) is 5.91 Å². The zero-order valence-electron chi connectivity index (χ0n) is 11.3. The van der Waals surface area contributed by atoms with Crippen molar-refractivity contribution >= 4 is 17.4 Å². The summed E-state index contributed by atoms with van der Waals surface area (Å²) >= 11 is 1.16. The molecule has 6 heteroatoms. The van der Waals surface area contributed by atoms with Crippen LogP contribution in [0.25, 0.3) is 0 Å². The first-order valence-corrected chi connectivity index (χ1v) is 7.75. The molecule has 0 saturated heterocycles. The maximum Gasteiger partial charge on any atom is 0.264 e. The Bertz CT molecular complexity index is 422. The minimum Gasteiger partial charge on any atom is -0.393 e. The quantitative estimate of drug-likeness (QED) is 0.863. The standard InChI is InChI=1S/C13H21N3O2S/c1-2-4-11-12(19-16-15-11)13(18)14-8-9-5-3-6-10(17)7-9/h9-10,17H,2-8H2,1H3,(H,14,18). The second kappa shape index (κ2) is 6.96. The Labute approximate surface area is 117 Å². The van der Waals surface area contributed by atoms with E-state index in [1.54, 1.807) is 0 Å². The number of amides is 1. The van der Waals surface area contributed by atoms with E-state index >= 15 is 0 Å². The summed E-state index contributed by atoms with van der Waals surface area (Å²) in [5.41, 5.74) is 0.800. The first-order valence-electron chi connectivity index (χ1n) is 6.98. The van der Waals surface area contributed by atoms with Crippen molar-refractivity contribution in [3.63, 3.8) is 0 Å². The number of aryl methyl sites for hydroxylation is 1. The van der Waals surface area contributed by atoms with Crippen LogP contribution in [-0.4, -0.2) is 33.2 Å². The molecule has 19 heavy (non-hydrogen) atoms. The maximum absolute atomic E-state index is 12.1. The molecule has 2 atom stereocenters. The molecule has 1 aliphatic rings. The van der Waals surface area contributed by atoms with Gasteiger partial charge < -0.3 is 10.4 Å². The van der Waals surface area contributed by atoms with Gasteiger partial charge in [0.05, 0.1) is 11.8 Å². The van der Waals surface area contributed by atoms with Gasteiger partial charge in [-0.3, -0.25) is 4.79 Å². The molecule has 1 heterocycles. The fraction of sp³-hybridized carbons (Fsp3) is 0.769. The normalized spacial score (nSPS) is 23.3. The Morgan fingerprint density at radius 2 is 2.37 bits per heavy atom. The Morgan fingerprint density at radius 1 is 1.53 bits per heavy atom. The van der Waals surface area contributed by atoms with Gasteiger partial charge >= 0.3 is 0 Å². The third-order valence-electron chi connectivity index (χ3n) is 3.56. The largest absolute Gasteiger partial charge is 0.393 e. The van der Waals surface area contributed by atoms with Gasteiger partial charge in [0.15, 0.2) is 0 Å². The predicted octanol–water partition coefficient (Wildman–Crippen LogP) is 1.77. The number of hydrogen-bond donors (Lipinski definition) is 2. The zero-order valence-corrected chi connectivity index (χ0v) is 12.1. The van der Waals surface area contributed by atoms with Crippen molar-refractivity contribution in [3.05, 3.63) is 10.6 Å². The van der Waals surface area contributed by atoms with Crippen molar-refractivity contribution in [2.75, 3.05) is 6.54 Å². The van der Waals surface area contributed by atoms with Crippen LogP contribution in [0.1, 0.15) is 54.4 Å². The van der Waals surface area contributed by atoms with Crippen LogP contribution >= 0.6 is 11.5 Å². The lowest BCUT2D eigenvalue weighted by atomic mass is 9.87. The molecule has 2 rings (SSSR count). The molecule has 0 radical (unpaired) electrons. The van der Waals surface area contributed by atoms with Crippen LogP contribution in [0, 0.1) is 5.92 Å². The molecule has 1 aromatic rings. The van der Waals surface area contributed by atoms with Gasteiger partial charge in [-0.2, -0.15) is 0 Å². The molecule has 1 aromatic heterocycles. The maximum atomic E-state index is 12.1. The summed E-state index contributed by atoms with van der Waals surface area (Å²) in [5.74, 6) is 0.321. The summed E-state index contributed by atoms with van der Waals surface area (Å²) in [4.78, 5) is 12.7. The van der Waals surface area contributed by atoms with Gasteiger partial charge in [0.2, 0.25) is 0 Å². The first kappa shape index (κ1) is 14.4. The summed E-state index contributed by atoms with van der Waals surface area (Å²) in [6.07, 6.45) is 5.37. The summed E-state index contributed by atoms with van der Waals surface area (Å²) in [5, 5.41) is 16.6. The topological polar surface area (TPSA) is 75.1 Å². The molecule has 1 aliphatic carbocycles. The lowest BCUT2D eigenvalue weighted by Gasteiger charge is -2.25. The molecule has 5 nitrogen and oxygen atoms in total. The van der Waals surface area contributed by atoms with Crippen molar-refractivity contribution in [3.8, 4) is 0 Å². The molecule has 106 valence electrons. The van der Waals surface area contributed by atoms with E-state index in [1.807, 2.05) is 0 Å². The number of rotatable bonds is 5. The number of hydrogen-bond acceptors (Lipinski definition) is 5. The summed E-state index contributed by atoms with van der Waals surface area (Å²) < 4.78 is 3.86. The number of aromatic nitrogens is 2. The number of nitrogens with zero attached hydrogens (tertiary/aromatic N) is 2. The molecule has 1 fully saturated rings. The van der Waals surface area contributed by atoms with E-state index in [1.165, 1.54) is 0 Å². The average molecular weight is 283 g/mol. The number of carbonyl (C=O) groups excluding carboxylic acids is 1. The molecular formula is C13H21N3O2S. The number of carbonyl (C=O) groups is 1. The summed E-state index contributed by atoms with van der Waals surface area (Å²) in [7, 11) is 0. The van der Waals surface area contributed by atoms with Gasteiger partial charge in [-0.05, 0) is 43.1 Å². The van der Waals surface area contributed by atoms with Crippen molar-refractivity contribution in [2.24, 2.45) is 5.92 Å². The van der Waals surface area contributed by atoms with E-state index in [0.29, 0.717) is 17.3 Å². The Hall–Kier alpha value is -1.01. The molecule has 1 saturated carbocycles. The summed E-state index contributed by atoms with van der Waals surface area (Å²) in [6, 6.07) is 0. The molecule has 0 aromatic carbocycles. The SMILES string of the molecule is CCCc1nnsc1C(=O)NCC1CCCC(O)C1. The second-order valence-corrected chi connectivity index (χ2v) is 5.95. The molecular weight excluding hydrogens is 262 g/mol. The van der Waals surface area contributed by atoms with Crippen molar-refractivity contribution < 1.29 is 9.90 Å². The van der Waals surface area contributed by atoms with E-state index in [-0.39, 0.29) is 12.0 Å². The van der Waals surface area contributed by atoms with Gasteiger partial charge in [-0.25, -0.2) is 0 Å². The molecule has 1 amide bonds. The van der Waals surface area contributed by atoms with Crippen molar-refractivity contribution in [1.29, 1.82) is 0 Å². The Morgan fingerprint density at radius 3 is 3.11 bits per heavy atom. The van der Waals surface area contributed by atoms with E-state index in [4.69, 9.17) is 0 Å². The number of aliphatic hydroxyl groups excluding tert-OH is 1. The molecule has 0 spiro atoms. The van der Waals surface area contributed by atoms with Gasteiger partial charge in [0.1, 0.15) is 4.88 Å². The first-order chi connectivity index (χ1) is 9.20. The third-order valence-corrected chi connectivity index (χ3v) is 4.32. The predicted molar refractivity (Wildman–Crippen MR) is 74.2 cm³/mol. The minimum atomic E-state index is -0.198. The zero-order chi connectivity index (χ0) is 13.7. The van der Waals surface area contributed by atoms with Crippen molar-refractivity contribution in [1.82, 2.24) is 14.9 Å². The lowest BCUT2D eigenvalue weighted by molar-refractivity contribution is 0.0876. The van der Waals surface area contributed by atoms with Crippen LogP contribution in [0.4, 0.5) is 0 Å². The monoisotopic (exact) mass is 283 g/mol. The van der Waals surface area contributed by atoms with Crippen LogP contribution in [0.15, 0.2) is 0 Å². The highest BCUT2D eigenvalue weighted by Crippen LogP contribution is 2.23. The molecule has 0 aliphatic heterocycles. The minimum absolute atomic E-state index is 0.0708. The smallest absolute Gasteiger partial charge is 0.264 e. The fourth-order valence-electron chi connectivity index (χ4n) is 2.55. The van der Waals surface area contributed by atoms with Crippen LogP contribution in [0.2, 0.25) is 0 Å². The van der Waals surface area contributed by atoms with E-state index in [9.17, 15) is 9.90 Å². The van der Waals surface area contributed by atoms with Gasteiger partial charge in [-0.1, -0.05) is 24.3 Å². The van der Waals surface area contributed by atoms with E-state index < -0.39 is 0 Å². The molecule has 2 unspecified atom stereocenters. The highest BCUT2D eigenvalue weighted by Gasteiger charge is 2.22. The second-order valence-electron chi connectivity index (χ2n) is 5.20. The van der Waals surface area contributed by atoms with Crippen LogP contribution in [0.3, 0.4) is 0 Å². The number of nitrogens with one attached hydrogen (secondary N) is 1. The van der Waals surface area contributed by atoms with Gasteiger partial charge in [-0.15, -0.1) is 5.10 Å². The lowest BCUT2D eigenvalue weighted by Crippen LogP contribution is -2.33. The molecule has 0 bridgehead atoms. The Kier molecular flexibility index (Phi) is 5.27. The molecule has 2 N–H and O–H groups in total. The third kappa shape index (κ3) is 3.98. The number of aliphatic hydroxyl groups is 1. The van der Waals surface area contributed by atoms with E-state index in [2.05, 4.69) is 21.8 Å². The Balaban J connectivity index is 1.85. The van der Waals surface area contributed by atoms with Gasteiger partial charge in [0, 0.05) is 6.54 Å². The van der Waals surface area contributed by atoms with Crippen LogP contribution in [-0.2, 0) is 6.42 Å². The fourth-order valence-corrected chi connectivity index (χ4v) is 3.17. The van der Waals surface area contributed by atoms with E-state index in [0.717, 1.165) is 55.8 Å². The highest BCUT2D eigenvalue weighted by atomic mass is 32.1. The van der Waals surface area contributed by atoms with Crippen LogP contribution in [0.5, 0.6) is 0 Å². The van der Waals surface area contributed by atoms with Crippen LogP contribution < -0.4 is 5.32 Å². The highest BCUT2D eigenvalue weighted by molar-refractivity contribution is 7.08. The van der Waals surface area contributed by atoms with Crippen molar-refractivity contribution in [2.45, 2.75) is 51.6 Å². The average Bonchev–Trinajstić information content (AvgIpc) is 2.85. The summed E-state index contributed by atoms with van der Waals surface area (Å²) in [6.45, 7) is 2.70.